The number of hydrogen-bond donors (Lipinski definition) is 1. The molecule has 1 aliphatic rings. The standard InChI is InChI=1S/C21H24N6O3/c1-26-11-4-6-17(21(26)29)23-20(28)16-9-12-27(25-16)18-8-7-14(13-19(18)30-2)15-5-3-10-22-24-15/h3-6,9-12,14,18-19H,7-8,13H2,1-2H3,(H,23,28). The molecule has 1 saturated carbocycles. The van der Waals surface area contributed by atoms with Crippen LogP contribution in [0.3, 0.4) is 0 Å². The van der Waals surface area contributed by atoms with Crippen molar-refractivity contribution in [2.45, 2.75) is 37.3 Å². The van der Waals surface area contributed by atoms with Gasteiger partial charge in [0, 0.05) is 38.7 Å². The van der Waals surface area contributed by atoms with Crippen LogP contribution in [0.4, 0.5) is 5.69 Å². The van der Waals surface area contributed by atoms with Crippen LogP contribution in [-0.4, -0.2) is 43.7 Å². The second-order valence-corrected chi connectivity index (χ2v) is 7.47. The number of nitrogens with one attached hydrogen (secondary N) is 1. The lowest BCUT2D eigenvalue weighted by molar-refractivity contribution is 0.0169. The normalized spacial score (nSPS) is 21.3. The first-order chi connectivity index (χ1) is 14.6. The van der Waals surface area contributed by atoms with E-state index in [0.717, 1.165) is 25.0 Å². The summed E-state index contributed by atoms with van der Waals surface area (Å²) in [6.07, 6.45) is 7.63. The lowest BCUT2D eigenvalue weighted by Gasteiger charge is -2.35. The summed E-state index contributed by atoms with van der Waals surface area (Å²) in [6, 6.07) is 8.85. The third-order valence-electron chi connectivity index (χ3n) is 5.62. The van der Waals surface area contributed by atoms with Gasteiger partial charge in [0.25, 0.3) is 11.5 Å². The smallest absolute Gasteiger partial charge is 0.276 e. The van der Waals surface area contributed by atoms with Gasteiger partial charge >= 0.3 is 0 Å². The number of hydrogen-bond acceptors (Lipinski definition) is 6. The van der Waals surface area contributed by atoms with Gasteiger partial charge in [-0.1, -0.05) is 0 Å². The van der Waals surface area contributed by atoms with Gasteiger partial charge in [-0.05, 0) is 49.6 Å². The molecule has 4 rings (SSSR count). The van der Waals surface area contributed by atoms with Crippen molar-refractivity contribution >= 4 is 11.6 Å². The zero-order valence-electron chi connectivity index (χ0n) is 16.9. The van der Waals surface area contributed by atoms with Gasteiger partial charge in [-0.3, -0.25) is 14.3 Å². The average Bonchev–Trinajstić information content (AvgIpc) is 3.27. The Labute approximate surface area is 173 Å². The number of methoxy groups -OCH3 is 1. The van der Waals surface area contributed by atoms with Crippen LogP contribution in [0, 0.1) is 0 Å². The molecule has 0 aromatic carbocycles. The fourth-order valence-electron chi connectivity index (χ4n) is 3.99. The minimum Gasteiger partial charge on any atom is -0.379 e. The molecule has 1 aliphatic carbocycles. The van der Waals surface area contributed by atoms with Crippen LogP contribution < -0.4 is 10.9 Å². The van der Waals surface area contributed by atoms with Crippen LogP contribution in [0.5, 0.6) is 0 Å². The van der Waals surface area contributed by atoms with Crippen LogP contribution in [0.15, 0.2) is 53.7 Å². The van der Waals surface area contributed by atoms with Crippen molar-refractivity contribution < 1.29 is 9.53 Å². The van der Waals surface area contributed by atoms with Crippen LogP contribution in [0.1, 0.15) is 47.4 Å². The molecule has 1 amide bonds. The minimum absolute atomic E-state index is 0.0223. The highest BCUT2D eigenvalue weighted by atomic mass is 16.5. The molecular weight excluding hydrogens is 384 g/mol. The van der Waals surface area contributed by atoms with Crippen molar-refractivity contribution in [3.8, 4) is 0 Å². The molecule has 0 radical (unpaired) electrons. The molecule has 3 heterocycles. The lowest BCUT2D eigenvalue weighted by atomic mass is 9.82. The van der Waals surface area contributed by atoms with Crippen LogP contribution in [0.2, 0.25) is 0 Å². The van der Waals surface area contributed by atoms with Crippen molar-refractivity contribution in [1.82, 2.24) is 24.5 Å². The van der Waals surface area contributed by atoms with E-state index >= 15 is 0 Å². The zero-order chi connectivity index (χ0) is 21.1. The number of rotatable bonds is 5. The van der Waals surface area contributed by atoms with E-state index in [1.54, 1.807) is 55.6 Å². The lowest BCUT2D eigenvalue weighted by Crippen LogP contribution is -2.33. The maximum absolute atomic E-state index is 12.6. The summed E-state index contributed by atoms with van der Waals surface area (Å²) < 4.78 is 8.95. The number of ether oxygens (including phenoxy) is 1. The van der Waals surface area contributed by atoms with E-state index in [2.05, 4.69) is 20.6 Å². The number of carbonyl (C=O) groups is 1. The maximum atomic E-state index is 12.6. The molecule has 156 valence electrons. The van der Waals surface area contributed by atoms with E-state index in [9.17, 15) is 9.59 Å². The highest BCUT2D eigenvalue weighted by molar-refractivity contribution is 6.02. The number of nitrogens with zero attached hydrogens (tertiary/aromatic N) is 5. The van der Waals surface area contributed by atoms with E-state index in [1.807, 2.05) is 12.1 Å². The van der Waals surface area contributed by atoms with Crippen molar-refractivity contribution in [1.29, 1.82) is 0 Å². The summed E-state index contributed by atoms with van der Waals surface area (Å²) in [5.41, 5.74) is 1.18. The number of anilines is 1. The van der Waals surface area contributed by atoms with Gasteiger partial charge in [-0.25, -0.2) is 0 Å². The molecule has 9 nitrogen and oxygen atoms in total. The van der Waals surface area contributed by atoms with E-state index in [-0.39, 0.29) is 35.0 Å². The van der Waals surface area contributed by atoms with Gasteiger partial charge in [-0.15, -0.1) is 0 Å². The monoisotopic (exact) mass is 408 g/mol. The fourth-order valence-corrected chi connectivity index (χ4v) is 3.99. The van der Waals surface area contributed by atoms with Crippen LogP contribution in [-0.2, 0) is 11.8 Å². The van der Waals surface area contributed by atoms with Crippen LogP contribution in [0.25, 0.3) is 0 Å². The molecule has 1 N–H and O–H groups in total. The second kappa shape index (κ2) is 8.58. The predicted octanol–water partition coefficient (Wildman–Crippen LogP) is 2.15. The molecule has 0 bridgehead atoms. The van der Waals surface area contributed by atoms with Crippen molar-refractivity contribution in [2.24, 2.45) is 7.05 Å². The molecule has 9 heteroatoms. The van der Waals surface area contributed by atoms with Crippen molar-refractivity contribution in [3.63, 3.8) is 0 Å². The SMILES string of the molecule is COC1CC(c2cccnn2)CCC1n1ccc(C(=O)Nc2cccn(C)c2=O)n1. The third kappa shape index (κ3) is 4.02. The predicted molar refractivity (Wildman–Crippen MR) is 110 cm³/mol. The van der Waals surface area contributed by atoms with E-state index in [4.69, 9.17) is 4.74 Å². The van der Waals surface area contributed by atoms with Gasteiger partial charge in [-0.2, -0.15) is 15.3 Å². The van der Waals surface area contributed by atoms with Gasteiger partial charge in [0.1, 0.15) is 5.69 Å². The van der Waals surface area contributed by atoms with Crippen molar-refractivity contribution in [2.75, 3.05) is 12.4 Å². The first-order valence-electron chi connectivity index (χ1n) is 9.89. The summed E-state index contributed by atoms with van der Waals surface area (Å²) in [4.78, 5) is 24.7. The molecule has 3 unspecified atom stereocenters. The molecule has 3 atom stereocenters. The van der Waals surface area contributed by atoms with E-state index < -0.39 is 5.91 Å². The molecule has 0 aliphatic heterocycles. The quantitative estimate of drug-likeness (QED) is 0.694. The summed E-state index contributed by atoms with van der Waals surface area (Å²) in [7, 11) is 3.33. The Balaban J connectivity index is 1.47. The zero-order valence-corrected chi connectivity index (χ0v) is 16.9. The van der Waals surface area contributed by atoms with Gasteiger partial charge < -0.3 is 14.6 Å². The Hall–Kier alpha value is -3.33. The van der Waals surface area contributed by atoms with Crippen molar-refractivity contribution in [3.05, 3.63) is 70.7 Å². The molecule has 0 spiro atoms. The molecule has 3 aromatic rings. The summed E-state index contributed by atoms with van der Waals surface area (Å²) in [5, 5.41) is 15.3. The van der Waals surface area contributed by atoms with Crippen LogP contribution >= 0.6 is 0 Å². The number of amides is 1. The Bertz CT molecular complexity index is 1080. The summed E-state index contributed by atoms with van der Waals surface area (Å²) >= 11 is 0. The first kappa shape index (κ1) is 20.0. The molecule has 1 fully saturated rings. The number of aryl methyl sites for hydroxylation is 1. The van der Waals surface area contributed by atoms with E-state index in [1.165, 1.54) is 4.57 Å². The maximum Gasteiger partial charge on any atom is 0.276 e. The molecular formula is C21H24N6O3. The Kier molecular flexibility index (Phi) is 5.71. The Morgan fingerprint density at radius 1 is 1.20 bits per heavy atom. The fraction of sp³-hybridized carbons (Fsp3) is 0.381. The Morgan fingerprint density at radius 3 is 2.83 bits per heavy atom. The minimum atomic E-state index is -0.417. The van der Waals surface area contributed by atoms with E-state index in [0.29, 0.717) is 0 Å². The topological polar surface area (TPSA) is 104 Å². The highest BCUT2D eigenvalue weighted by Gasteiger charge is 2.34. The number of carbonyl (C=O) groups excluding carboxylic acids is 1. The molecule has 3 aromatic heterocycles. The second-order valence-electron chi connectivity index (χ2n) is 7.47. The van der Waals surface area contributed by atoms with Gasteiger partial charge in [0.2, 0.25) is 0 Å². The van der Waals surface area contributed by atoms with Gasteiger partial charge in [0.15, 0.2) is 5.69 Å². The largest absolute Gasteiger partial charge is 0.379 e. The molecule has 0 saturated heterocycles. The highest BCUT2D eigenvalue weighted by Crippen LogP contribution is 2.38. The number of aromatic nitrogens is 5. The molecule has 30 heavy (non-hydrogen) atoms. The number of pyridine rings is 1. The summed E-state index contributed by atoms with van der Waals surface area (Å²) in [5.74, 6) is -0.133. The average molecular weight is 408 g/mol. The Morgan fingerprint density at radius 2 is 2.07 bits per heavy atom. The first-order valence-corrected chi connectivity index (χ1v) is 9.89. The summed E-state index contributed by atoms with van der Waals surface area (Å²) in [6.45, 7) is 0. The van der Waals surface area contributed by atoms with Gasteiger partial charge in [0.05, 0.1) is 17.8 Å². The third-order valence-corrected chi connectivity index (χ3v) is 5.62.